The van der Waals surface area contributed by atoms with E-state index < -0.39 is 16.5 Å². The fourth-order valence-corrected chi connectivity index (χ4v) is 1.69. The van der Waals surface area contributed by atoms with Crippen molar-refractivity contribution in [1.82, 2.24) is 0 Å². The summed E-state index contributed by atoms with van der Waals surface area (Å²) < 4.78 is 0. The van der Waals surface area contributed by atoms with Crippen molar-refractivity contribution in [1.29, 1.82) is 0 Å². The topological polar surface area (TPSA) is 118 Å². The summed E-state index contributed by atoms with van der Waals surface area (Å²) in [7, 11) is 0. The van der Waals surface area contributed by atoms with Crippen LogP contribution in [0, 0.1) is 10.1 Å². The minimum atomic E-state index is -0.691. The lowest BCUT2D eigenvalue weighted by atomic mass is 10.1. The molecule has 0 unspecified atom stereocenters. The second-order valence-corrected chi connectivity index (χ2v) is 3.97. The zero-order valence-corrected chi connectivity index (χ0v) is 10.2. The van der Waals surface area contributed by atoms with Gasteiger partial charge >= 0.3 is 0 Å². The molecule has 0 aromatic heterocycles. The third-order valence-electron chi connectivity index (χ3n) is 2.66. The van der Waals surface area contributed by atoms with Crippen LogP contribution in [0.5, 0.6) is 5.75 Å². The first-order valence-corrected chi connectivity index (χ1v) is 5.63. The quantitative estimate of drug-likeness (QED) is 0.342. The Hall–Kier alpha value is -3.09. The predicted octanol–water partition coefficient (Wildman–Crippen LogP) is 2.13. The monoisotopic (exact) mass is 273 g/mol. The van der Waals surface area contributed by atoms with Crippen LogP contribution in [0.25, 0.3) is 0 Å². The highest BCUT2D eigenvalue weighted by molar-refractivity contribution is 6.09. The third kappa shape index (κ3) is 2.51. The average Bonchev–Trinajstić information content (AvgIpc) is 2.41. The highest BCUT2D eigenvalue weighted by atomic mass is 16.6. The predicted molar refractivity (Wildman–Crippen MR) is 73.6 cm³/mol. The number of nitrogens with one attached hydrogen (secondary N) is 1. The summed E-state index contributed by atoms with van der Waals surface area (Å²) in [6.45, 7) is 0. The molecule has 0 aliphatic heterocycles. The number of carbonyl (C=O) groups excluding carboxylic acids is 1. The average molecular weight is 273 g/mol. The van der Waals surface area contributed by atoms with Crippen molar-refractivity contribution < 1.29 is 14.8 Å². The number of nitrogens with two attached hydrogens (primary N) is 1. The zero-order valence-electron chi connectivity index (χ0n) is 10.2. The number of phenols is 1. The van der Waals surface area contributed by atoms with Crippen molar-refractivity contribution in [2.45, 2.75) is 0 Å². The molecule has 0 atom stereocenters. The molecule has 0 saturated heterocycles. The molecule has 0 spiro atoms. The molecular weight excluding hydrogens is 262 g/mol. The number of nitro groups is 1. The Labute approximate surface area is 113 Å². The van der Waals surface area contributed by atoms with Crippen molar-refractivity contribution in [3.05, 3.63) is 58.1 Å². The van der Waals surface area contributed by atoms with Crippen LogP contribution in [0.1, 0.15) is 10.4 Å². The van der Waals surface area contributed by atoms with Gasteiger partial charge in [0.15, 0.2) is 5.69 Å². The normalized spacial score (nSPS) is 10.0. The SMILES string of the molecule is Nc1ccccc1C(=O)Nc1c(O)cccc1[N+](=O)[O-]. The lowest BCUT2D eigenvalue weighted by Crippen LogP contribution is -2.15. The maximum absolute atomic E-state index is 12.0. The number of carbonyl (C=O) groups is 1. The smallest absolute Gasteiger partial charge is 0.296 e. The number of aromatic hydroxyl groups is 1. The summed E-state index contributed by atoms with van der Waals surface area (Å²) in [5, 5.41) is 22.8. The van der Waals surface area contributed by atoms with E-state index in [0.717, 1.165) is 0 Å². The van der Waals surface area contributed by atoms with Crippen molar-refractivity contribution in [3.63, 3.8) is 0 Å². The van der Waals surface area contributed by atoms with Gasteiger partial charge in [-0.15, -0.1) is 0 Å². The van der Waals surface area contributed by atoms with Gasteiger partial charge in [-0.2, -0.15) is 0 Å². The van der Waals surface area contributed by atoms with Crippen molar-refractivity contribution in [3.8, 4) is 5.75 Å². The van der Waals surface area contributed by atoms with Gasteiger partial charge in [-0.25, -0.2) is 0 Å². The summed E-state index contributed by atoms with van der Waals surface area (Å²) in [5.74, 6) is -1.02. The minimum Gasteiger partial charge on any atom is -0.505 e. The van der Waals surface area contributed by atoms with Gasteiger partial charge in [0.05, 0.1) is 10.5 Å². The maximum Gasteiger partial charge on any atom is 0.296 e. The fraction of sp³-hybridized carbons (Fsp3) is 0. The number of nitro benzene ring substituents is 1. The standard InChI is InChI=1S/C13H11N3O4/c14-9-5-2-1-4-8(9)13(18)15-12-10(16(19)20)6-3-7-11(12)17/h1-7,17H,14H2,(H,15,18). The number of anilines is 2. The van der Waals surface area contributed by atoms with Gasteiger partial charge in [0.1, 0.15) is 5.75 Å². The van der Waals surface area contributed by atoms with E-state index in [-0.39, 0.29) is 22.7 Å². The van der Waals surface area contributed by atoms with E-state index in [1.165, 1.54) is 30.3 Å². The molecule has 0 saturated carbocycles. The highest BCUT2D eigenvalue weighted by Gasteiger charge is 2.20. The number of hydrogen-bond acceptors (Lipinski definition) is 5. The summed E-state index contributed by atoms with van der Waals surface area (Å²) in [6, 6.07) is 10.0. The number of phenolic OH excluding ortho intramolecular Hbond substituents is 1. The van der Waals surface area contributed by atoms with Crippen molar-refractivity contribution in [2.75, 3.05) is 11.1 Å². The number of rotatable bonds is 3. The second kappa shape index (κ2) is 5.27. The van der Waals surface area contributed by atoms with E-state index >= 15 is 0 Å². The van der Waals surface area contributed by atoms with E-state index in [4.69, 9.17) is 5.73 Å². The fourth-order valence-electron chi connectivity index (χ4n) is 1.69. The molecule has 2 aromatic rings. The van der Waals surface area contributed by atoms with Crippen LogP contribution < -0.4 is 11.1 Å². The van der Waals surface area contributed by atoms with Gasteiger partial charge in [0.25, 0.3) is 11.6 Å². The van der Waals surface area contributed by atoms with E-state index in [9.17, 15) is 20.0 Å². The molecule has 0 aliphatic rings. The number of hydrogen-bond donors (Lipinski definition) is 3. The van der Waals surface area contributed by atoms with E-state index in [2.05, 4.69) is 5.32 Å². The molecule has 2 aromatic carbocycles. The van der Waals surface area contributed by atoms with Gasteiger partial charge in [-0.05, 0) is 18.2 Å². The van der Waals surface area contributed by atoms with Crippen LogP contribution in [-0.4, -0.2) is 15.9 Å². The van der Waals surface area contributed by atoms with Crippen LogP contribution in [0.4, 0.5) is 17.1 Å². The number of nitrogens with zero attached hydrogens (tertiary/aromatic N) is 1. The zero-order chi connectivity index (χ0) is 14.7. The van der Waals surface area contributed by atoms with Crippen LogP contribution in [-0.2, 0) is 0 Å². The second-order valence-electron chi connectivity index (χ2n) is 3.97. The van der Waals surface area contributed by atoms with Crippen LogP contribution in [0.3, 0.4) is 0 Å². The van der Waals surface area contributed by atoms with Gasteiger partial charge in [0, 0.05) is 11.8 Å². The minimum absolute atomic E-state index is 0.171. The largest absolute Gasteiger partial charge is 0.505 e. The Bertz CT molecular complexity index is 685. The first-order chi connectivity index (χ1) is 9.50. The van der Waals surface area contributed by atoms with Crippen LogP contribution in [0.2, 0.25) is 0 Å². The Morgan fingerprint density at radius 2 is 1.90 bits per heavy atom. The Kier molecular flexibility index (Phi) is 3.52. The molecule has 102 valence electrons. The van der Waals surface area contributed by atoms with E-state index in [1.54, 1.807) is 12.1 Å². The summed E-state index contributed by atoms with van der Waals surface area (Å²) in [5.41, 5.74) is 5.41. The van der Waals surface area contributed by atoms with Crippen LogP contribution in [0.15, 0.2) is 42.5 Å². The highest BCUT2D eigenvalue weighted by Crippen LogP contribution is 2.33. The van der Waals surface area contributed by atoms with Crippen LogP contribution >= 0.6 is 0 Å². The Balaban J connectivity index is 2.38. The lowest BCUT2D eigenvalue weighted by molar-refractivity contribution is -0.384. The Morgan fingerprint density at radius 1 is 1.20 bits per heavy atom. The van der Waals surface area contributed by atoms with Gasteiger partial charge in [-0.1, -0.05) is 18.2 Å². The molecule has 7 heteroatoms. The third-order valence-corrected chi connectivity index (χ3v) is 2.66. The van der Waals surface area contributed by atoms with Gasteiger partial charge in [-0.3, -0.25) is 14.9 Å². The molecule has 0 aliphatic carbocycles. The molecule has 0 bridgehead atoms. The van der Waals surface area contributed by atoms with E-state index in [0.29, 0.717) is 0 Å². The molecule has 0 heterocycles. The molecule has 0 radical (unpaired) electrons. The number of para-hydroxylation sites is 2. The Morgan fingerprint density at radius 3 is 2.55 bits per heavy atom. The molecule has 2 rings (SSSR count). The molecule has 4 N–H and O–H groups in total. The summed E-state index contributed by atoms with van der Waals surface area (Å²) >= 11 is 0. The molecule has 0 fully saturated rings. The van der Waals surface area contributed by atoms with Gasteiger partial charge in [0.2, 0.25) is 0 Å². The van der Waals surface area contributed by atoms with Crippen molar-refractivity contribution >= 4 is 23.0 Å². The molecule has 20 heavy (non-hydrogen) atoms. The van der Waals surface area contributed by atoms with Crippen molar-refractivity contribution in [2.24, 2.45) is 0 Å². The summed E-state index contributed by atoms with van der Waals surface area (Å²) in [4.78, 5) is 22.2. The number of benzene rings is 2. The first kappa shape index (κ1) is 13.3. The summed E-state index contributed by atoms with van der Waals surface area (Å²) in [6.07, 6.45) is 0. The number of nitrogen functional groups attached to an aromatic ring is 1. The van der Waals surface area contributed by atoms with E-state index in [1.807, 2.05) is 0 Å². The lowest BCUT2D eigenvalue weighted by Gasteiger charge is -2.09. The van der Waals surface area contributed by atoms with Gasteiger partial charge < -0.3 is 16.2 Å². The molecule has 1 amide bonds. The molecule has 7 nitrogen and oxygen atoms in total. The maximum atomic E-state index is 12.0. The first-order valence-electron chi connectivity index (χ1n) is 5.63. The molecular formula is C13H11N3O4. The number of amides is 1.